The molecule has 4 nitrogen and oxygen atoms in total. The Balaban J connectivity index is 2.16. The van der Waals surface area contributed by atoms with Crippen LogP contribution in [0, 0.1) is 12.7 Å². The fourth-order valence-electron chi connectivity index (χ4n) is 2.21. The van der Waals surface area contributed by atoms with Crippen molar-refractivity contribution < 1.29 is 4.39 Å². The topological polar surface area (TPSA) is 56.7 Å². The highest BCUT2D eigenvalue weighted by atomic mass is 19.1. The second-order valence-corrected chi connectivity index (χ2v) is 4.84. The van der Waals surface area contributed by atoms with E-state index in [4.69, 9.17) is 5.73 Å². The van der Waals surface area contributed by atoms with Crippen molar-refractivity contribution in [2.24, 2.45) is 5.73 Å². The van der Waals surface area contributed by atoms with Crippen molar-refractivity contribution in [2.75, 3.05) is 0 Å². The van der Waals surface area contributed by atoms with E-state index in [1.165, 1.54) is 17.7 Å². The van der Waals surface area contributed by atoms with Crippen LogP contribution in [-0.4, -0.2) is 15.0 Å². The first-order chi connectivity index (χ1) is 10.2. The lowest BCUT2D eigenvalue weighted by Gasteiger charge is -2.08. The minimum atomic E-state index is -0.276. The van der Waals surface area contributed by atoms with Crippen LogP contribution in [0.1, 0.15) is 11.3 Å². The van der Waals surface area contributed by atoms with E-state index in [0.717, 1.165) is 16.9 Å². The summed E-state index contributed by atoms with van der Waals surface area (Å²) in [5.41, 5.74) is 10.1. The Labute approximate surface area is 122 Å². The Morgan fingerprint density at radius 3 is 2.33 bits per heavy atom. The van der Waals surface area contributed by atoms with Crippen LogP contribution in [0.5, 0.6) is 0 Å². The molecule has 3 rings (SSSR count). The van der Waals surface area contributed by atoms with E-state index < -0.39 is 0 Å². The molecule has 3 aromatic rings. The van der Waals surface area contributed by atoms with Gasteiger partial charge in [0.05, 0.1) is 11.4 Å². The molecule has 0 bridgehead atoms. The lowest BCUT2D eigenvalue weighted by molar-refractivity contribution is 0.628. The van der Waals surface area contributed by atoms with Gasteiger partial charge in [-0.05, 0) is 43.3 Å². The van der Waals surface area contributed by atoms with Gasteiger partial charge in [0.15, 0.2) is 0 Å². The molecule has 106 valence electrons. The fraction of sp³-hybridized carbons (Fsp3) is 0.125. The molecule has 0 aliphatic heterocycles. The molecule has 1 heterocycles. The molecule has 0 fully saturated rings. The molecule has 1 aromatic heterocycles. The first-order valence-corrected chi connectivity index (χ1v) is 6.66. The second-order valence-electron chi connectivity index (χ2n) is 4.84. The van der Waals surface area contributed by atoms with Gasteiger partial charge < -0.3 is 5.73 Å². The summed E-state index contributed by atoms with van der Waals surface area (Å²) in [6.07, 6.45) is 0. The highest BCUT2D eigenvalue weighted by Gasteiger charge is 2.15. The van der Waals surface area contributed by atoms with Crippen molar-refractivity contribution in [1.29, 1.82) is 0 Å². The number of aromatic nitrogens is 3. The van der Waals surface area contributed by atoms with E-state index in [1.807, 2.05) is 31.2 Å². The number of aryl methyl sites for hydroxylation is 1. The van der Waals surface area contributed by atoms with Crippen molar-refractivity contribution in [2.45, 2.75) is 13.5 Å². The van der Waals surface area contributed by atoms with E-state index >= 15 is 0 Å². The van der Waals surface area contributed by atoms with Gasteiger partial charge in [-0.15, -0.1) is 5.10 Å². The van der Waals surface area contributed by atoms with Crippen LogP contribution in [0.2, 0.25) is 0 Å². The van der Waals surface area contributed by atoms with Crippen LogP contribution < -0.4 is 5.73 Å². The molecule has 0 aliphatic carbocycles. The first-order valence-electron chi connectivity index (χ1n) is 6.66. The molecule has 0 saturated carbocycles. The minimum Gasteiger partial charge on any atom is -0.325 e. The van der Waals surface area contributed by atoms with Crippen LogP contribution >= 0.6 is 0 Å². The van der Waals surface area contributed by atoms with Crippen molar-refractivity contribution in [3.63, 3.8) is 0 Å². The molecule has 0 spiro atoms. The highest BCUT2D eigenvalue weighted by Crippen LogP contribution is 2.25. The van der Waals surface area contributed by atoms with Gasteiger partial charge in [-0.1, -0.05) is 22.9 Å². The summed E-state index contributed by atoms with van der Waals surface area (Å²) in [4.78, 5) is 0. The van der Waals surface area contributed by atoms with Gasteiger partial charge >= 0.3 is 0 Å². The Bertz CT molecular complexity index is 745. The zero-order valence-electron chi connectivity index (χ0n) is 11.6. The summed E-state index contributed by atoms with van der Waals surface area (Å²) in [5.74, 6) is -0.276. The molecule has 2 N–H and O–H groups in total. The minimum absolute atomic E-state index is 0.276. The standard InChI is InChI=1S/C16H15FN4/c1-11-2-8-14(9-3-11)21-16(15(10-18)19-20-21)12-4-6-13(17)7-5-12/h2-9H,10,18H2,1H3. The van der Waals surface area contributed by atoms with Crippen LogP contribution in [0.25, 0.3) is 16.9 Å². The largest absolute Gasteiger partial charge is 0.325 e. The van der Waals surface area contributed by atoms with Crippen molar-refractivity contribution in [1.82, 2.24) is 15.0 Å². The molecule has 0 amide bonds. The third-order valence-corrected chi connectivity index (χ3v) is 3.33. The summed E-state index contributed by atoms with van der Waals surface area (Å²) in [6, 6.07) is 14.2. The fourth-order valence-corrected chi connectivity index (χ4v) is 2.21. The lowest BCUT2D eigenvalue weighted by Crippen LogP contribution is -2.02. The van der Waals surface area contributed by atoms with Gasteiger partial charge in [-0.3, -0.25) is 0 Å². The van der Waals surface area contributed by atoms with E-state index in [9.17, 15) is 4.39 Å². The molecule has 0 atom stereocenters. The molecule has 2 aromatic carbocycles. The van der Waals surface area contributed by atoms with Gasteiger partial charge in [0.25, 0.3) is 0 Å². The first kappa shape index (κ1) is 13.5. The summed E-state index contributed by atoms with van der Waals surface area (Å²) >= 11 is 0. The molecule has 5 heteroatoms. The van der Waals surface area contributed by atoms with Crippen molar-refractivity contribution in [3.8, 4) is 16.9 Å². The predicted molar refractivity (Wildman–Crippen MR) is 79.4 cm³/mol. The number of halogens is 1. The van der Waals surface area contributed by atoms with E-state index in [0.29, 0.717) is 5.69 Å². The Hall–Kier alpha value is -2.53. The van der Waals surface area contributed by atoms with Crippen molar-refractivity contribution >= 4 is 0 Å². The SMILES string of the molecule is Cc1ccc(-n2nnc(CN)c2-c2ccc(F)cc2)cc1. The van der Waals surface area contributed by atoms with Crippen LogP contribution in [0.15, 0.2) is 48.5 Å². The maximum absolute atomic E-state index is 13.1. The summed E-state index contributed by atoms with van der Waals surface area (Å²) in [6.45, 7) is 2.30. The van der Waals surface area contributed by atoms with Crippen LogP contribution in [0.4, 0.5) is 4.39 Å². The van der Waals surface area contributed by atoms with Gasteiger partial charge in [-0.2, -0.15) is 0 Å². The van der Waals surface area contributed by atoms with E-state index in [-0.39, 0.29) is 12.4 Å². The summed E-state index contributed by atoms with van der Waals surface area (Å²) in [7, 11) is 0. The number of nitrogens with zero attached hydrogens (tertiary/aromatic N) is 3. The van der Waals surface area contributed by atoms with E-state index in [2.05, 4.69) is 10.3 Å². The Morgan fingerprint density at radius 2 is 1.71 bits per heavy atom. The maximum atomic E-state index is 13.1. The molecule has 0 aliphatic rings. The van der Waals surface area contributed by atoms with E-state index in [1.54, 1.807) is 16.8 Å². The third kappa shape index (κ3) is 2.55. The number of benzene rings is 2. The average Bonchev–Trinajstić information content (AvgIpc) is 2.93. The average molecular weight is 282 g/mol. The predicted octanol–water partition coefficient (Wildman–Crippen LogP) is 2.84. The van der Waals surface area contributed by atoms with Gasteiger partial charge in [0, 0.05) is 12.1 Å². The molecule has 0 radical (unpaired) electrons. The normalized spacial score (nSPS) is 10.8. The molecule has 0 saturated heterocycles. The lowest BCUT2D eigenvalue weighted by atomic mass is 10.1. The molecular formula is C16H15FN4. The molecular weight excluding hydrogens is 267 g/mol. The zero-order chi connectivity index (χ0) is 14.8. The summed E-state index contributed by atoms with van der Waals surface area (Å²) < 4.78 is 14.8. The maximum Gasteiger partial charge on any atom is 0.123 e. The Kier molecular flexibility index (Phi) is 3.50. The van der Waals surface area contributed by atoms with Crippen molar-refractivity contribution in [3.05, 3.63) is 65.6 Å². The summed E-state index contributed by atoms with van der Waals surface area (Å²) in [5, 5.41) is 8.31. The molecule has 21 heavy (non-hydrogen) atoms. The van der Waals surface area contributed by atoms with Crippen LogP contribution in [0.3, 0.4) is 0 Å². The monoisotopic (exact) mass is 282 g/mol. The number of hydrogen-bond donors (Lipinski definition) is 1. The number of rotatable bonds is 3. The molecule has 0 unspecified atom stereocenters. The van der Waals surface area contributed by atoms with Gasteiger partial charge in [-0.25, -0.2) is 9.07 Å². The number of nitrogens with two attached hydrogens (primary N) is 1. The smallest absolute Gasteiger partial charge is 0.123 e. The second kappa shape index (κ2) is 5.46. The quantitative estimate of drug-likeness (QED) is 0.803. The van der Waals surface area contributed by atoms with Gasteiger partial charge in [0.2, 0.25) is 0 Å². The third-order valence-electron chi connectivity index (χ3n) is 3.33. The number of hydrogen-bond acceptors (Lipinski definition) is 3. The Morgan fingerprint density at radius 1 is 1.05 bits per heavy atom. The van der Waals surface area contributed by atoms with Gasteiger partial charge in [0.1, 0.15) is 11.5 Å². The zero-order valence-corrected chi connectivity index (χ0v) is 11.6. The highest BCUT2D eigenvalue weighted by molar-refractivity contribution is 5.64. The van der Waals surface area contributed by atoms with Crippen LogP contribution in [-0.2, 0) is 6.54 Å².